The van der Waals surface area contributed by atoms with Crippen LogP contribution in [0.3, 0.4) is 0 Å². The molecule has 0 aliphatic carbocycles. The Bertz CT molecular complexity index is 373. The highest BCUT2D eigenvalue weighted by Crippen LogP contribution is 2.11. The van der Waals surface area contributed by atoms with Crippen molar-refractivity contribution in [2.24, 2.45) is 0 Å². The minimum Gasteiger partial charge on any atom is -0.394 e. The number of aliphatic hydroxyl groups excluding tert-OH is 8. The quantitative estimate of drug-likeness (QED) is 0.106. The largest absolute Gasteiger partial charge is 0.394 e. The summed E-state index contributed by atoms with van der Waals surface area (Å²) in [4.78, 5) is 0. The normalized spacial score (nSPS) is 19.3. The third-order valence-electron chi connectivity index (χ3n) is 4.67. The minimum atomic E-state index is -1.43. The van der Waals surface area contributed by atoms with Crippen LogP contribution >= 0.6 is 0 Å². The maximum absolute atomic E-state index is 9.74. The average Bonchev–Trinajstić information content (AvgIpc) is 2.73. The van der Waals surface area contributed by atoms with Crippen molar-refractivity contribution >= 4 is 0 Å². The molecule has 0 radical (unpaired) electrons. The molecule has 0 aliphatic rings. The fraction of sp³-hybridized carbons (Fsp3) is 1.00. The van der Waals surface area contributed by atoms with Gasteiger partial charge in [-0.25, -0.2) is 0 Å². The van der Waals surface area contributed by atoms with Gasteiger partial charge in [-0.3, -0.25) is 0 Å². The highest BCUT2D eigenvalue weighted by molar-refractivity contribution is 4.75. The van der Waals surface area contributed by atoms with Gasteiger partial charge in [0, 0.05) is 13.2 Å². The van der Waals surface area contributed by atoms with E-state index in [0.29, 0.717) is 26.1 Å². The van der Waals surface area contributed by atoms with Crippen molar-refractivity contribution in [2.75, 3.05) is 33.0 Å². The summed E-state index contributed by atoms with van der Waals surface area (Å²) in [6.45, 7) is 1.67. The second-order valence-electron chi connectivity index (χ2n) is 7.26. The van der Waals surface area contributed by atoms with Crippen molar-refractivity contribution < 1.29 is 50.3 Å². The summed E-state index contributed by atoms with van der Waals surface area (Å²) in [5.41, 5.74) is 0. The maximum Gasteiger partial charge on any atom is 0.108 e. The summed E-state index contributed by atoms with van der Waals surface area (Å²) in [5, 5.41) is 74.7. The molecule has 8 N–H and O–H groups in total. The van der Waals surface area contributed by atoms with Gasteiger partial charge in [-0.15, -0.1) is 0 Å². The molecule has 0 fully saturated rings. The molecule has 10 nitrogen and oxygen atoms in total. The van der Waals surface area contributed by atoms with Gasteiger partial charge < -0.3 is 50.3 Å². The fourth-order valence-electron chi connectivity index (χ4n) is 2.73. The van der Waals surface area contributed by atoms with Gasteiger partial charge in [0.25, 0.3) is 0 Å². The topological polar surface area (TPSA) is 180 Å². The summed E-state index contributed by atoms with van der Waals surface area (Å²) in [7, 11) is 0. The van der Waals surface area contributed by atoms with Gasteiger partial charge in [-0.1, -0.05) is 13.3 Å². The molecule has 0 saturated carbocycles. The van der Waals surface area contributed by atoms with Gasteiger partial charge in [0.15, 0.2) is 0 Å². The van der Waals surface area contributed by atoms with Crippen LogP contribution in [0.1, 0.15) is 45.4 Å². The minimum absolute atomic E-state index is 0.108. The second-order valence-corrected chi connectivity index (χ2v) is 7.26. The van der Waals surface area contributed by atoms with Crippen LogP contribution in [0.2, 0.25) is 0 Å². The molecule has 0 spiro atoms. The van der Waals surface area contributed by atoms with E-state index in [4.69, 9.17) is 19.7 Å². The molecule has 0 aliphatic heterocycles. The molecule has 176 valence electrons. The van der Waals surface area contributed by atoms with E-state index in [1.807, 2.05) is 6.92 Å². The number of hydrogen-bond donors (Lipinski definition) is 8. The molecule has 0 rings (SSSR count). The summed E-state index contributed by atoms with van der Waals surface area (Å²) >= 11 is 0. The number of hydrogen-bond acceptors (Lipinski definition) is 10. The SMILES string of the molecule is CCCC(COCCC(O)C(O)C(O)CO)OCCCCC(O)C(O)C(O)CO. The van der Waals surface area contributed by atoms with Crippen molar-refractivity contribution in [3.8, 4) is 0 Å². The first kappa shape index (κ1) is 28.6. The first-order valence-corrected chi connectivity index (χ1v) is 10.3. The standard InChI is InChI=1S/C19H40O10/c1-2-5-13(12-28-9-7-15(23)19(27)17(25)11-21)29-8-4-3-6-14(22)18(26)16(24)10-20/h13-27H,2-12H2,1H3. The predicted octanol–water partition coefficient (Wildman–Crippen LogP) is -2.10. The molecule has 0 heterocycles. The van der Waals surface area contributed by atoms with Gasteiger partial charge in [0.05, 0.1) is 38.1 Å². The van der Waals surface area contributed by atoms with E-state index < -0.39 is 49.8 Å². The van der Waals surface area contributed by atoms with E-state index in [1.54, 1.807) is 0 Å². The fourth-order valence-corrected chi connectivity index (χ4v) is 2.73. The average molecular weight is 429 g/mol. The van der Waals surface area contributed by atoms with Crippen LogP contribution in [0.5, 0.6) is 0 Å². The van der Waals surface area contributed by atoms with E-state index in [2.05, 4.69) is 0 Å². The van der Waals surface area contributed by atoms with Crippen LogP contribution in [0.4, 0.5) is 0 Å². The van der Waals surface area contributed by atoms with Gasteiger partial charge in [0.2, 0.25) is 0 Å². The molecular formula is C19H40O10. The van der Waals surface area contributed by atoms with Crippen LogP contribution < -0.4 is 0 Å². The smallest absolute Gasteiger partial charge is 0.108 e. The van der Waals surface area contributed by atoms with Crippen LogP contribution in [-0.4, -0.2) is 117 Å². The zero-order valence-corrected chi connectivity index (χ0v) is 17.2. The summed E-state index contributed by atoms with van der Waals surface area (Å²) in [5.74, 6) is 0. The van der Waals surface area contributed by atoms with Crippen molar-refractivity contribution in [3.05, 3.63) is 0 Å². The predicted molar refractivity (Wildman–Crippen MR) is 104 cm³/mol. The van der Waals surface area contributed by atoms with Crippen LogP contribution in [0.25, 0.3) is 0 Å². The van der Waals surface area contributed by atoms with E-state index in [1.165, 1.54) is 0 Å². The van der Waals surface area contributed by atoms with Crippen molar-refractivity contribution in [2.45, 2.75) is 88.2 Å². The molecule has 0 bridgehead atoms. The first-order valence-electron chi connectivity index (χ1n) is 10.3. The molecule has 0 aromatic heterocycles. The zero-order chi connectivity index (χ0) is 22.2. The Kier molecular flexibility index (Phi) is 17.1. The van der Waals surface area contributed by atoms with Gasteiger partial charge in [-0.05, 0) is 32.1 Å². The van der Waals surface area contributed by atoms with Gasteiger partial charge in [0.1, 0.15) is 24.4 Å². The first-order chi connectivity index (χ1) is 13.8. The Labute approximate surface area is 172 Å². The number of rotatable bonds is 19. The van der Waals surface area contributed by atoms with Crippen molar-refractivity contribution in [1.29, 1.82) is 0 Å². The summed E-state index contributed by atoms with van der Waals surface area (Å²) in [6, 6.07) is 0. The van der Waals surface area contributed by atoms with Crippen molar-refractivity contribution in [1.82, 2.24) is 0 Å². The molecule has 7 atom stereocenters. The molecule has 7 unspecified atom stereocenters. The Morgan fingerprint density at radius 2 is 1.21 bits per heavy atom. The molecule has 0 aromatic rings. The van der Waals surface area contributed by atoms with Gasteiger partial charge >= 0.3 is 0 Å². The van der Waals surface area contributed by atoms with E-state index in [9.17, 15) is 30.6 Å². The van der Waals surface area contributed by atoms with Crippen LogP contribution in [0.15, 0.2) is 0 Å². The number of ether oxygens (including phenoxy) is 2. The number of unbranched alkanes of at least 4 members (excludes halogenated alkanes) is 1. The second kappa shape index (κ2) is 17.3. The van der Waals surface area contributed by atoms with E-state index >= 15 is 0 Å². The Hall–Kier alpha value is -0.400. The third-order valence-corrected chi connectivity index (χ3v) is 4.67. The molecule has 0 aromatic carbocycles. The highest BCUT2D eigenvalue weighted by Gasteiger charge is 2.24. The van der Waals surface area contributed by atoms with Gasteiger partial charge in [-0.2, -0.15) is 0 Å². The Morgan fingerprint density at radius 1 is 0.655 bits per heavy atom. The summed E-state index contributed by atoms with van der Waals surface area (Å²) in [6.07, 6.45) is -4.76. The molecular weight excluding hydrogens is 388 g/mol. The lowest BCUT2D eigenvalue weighted by atomic mass is 10.0. The molecule has 29 heavy (non-hydrogen) atoms. The molecule has 10 heteroatoms. The van der Waals surface area contributed by atoms with Crippen LogP contribution in [-0.2, 0) is 9.47 Å². The maximum atomic E-state index is 9.74. The Balaban J connectivity index is 3.98. The lowest BCUT2D eigenvalue weighted by Crippen LogP contribution is -2.40. The monoisotopic (exact) mass is 428 g/mol. The molecule has 0 amide bonds. The lowest BCUT2D eigenvalue weighted by Gasteiger charge is -2.22. The zero-order valence-electron chi connectivity index (χ0n) is 17.2. The van der Waals surface area contributed by atoms with E-state index in [-0.39, 0.29) is 25.6 Å². The molecule has 0 saturated heterocycles. The highest BCUT2D eigenvalue weighted by atomic mass is 16.5. The van der Waals surface area contributed by atoms with E-state index in [0.717, 1.165) is 12.8 Å². The number of aliphatic hydroxyl groups is 8. The summed E-state index contributed by atoms with van der Waals surface area (Å²) < 4.78 is 11.2. The Morgan fingerprint density at radius 3 is 1.72 bits per heavy atom. The lowest BCUT2D eigenvalue weighted by molar-refractivity contribution is -0.0882. The third kappa shape index (κ3) is 12.8. The van der Waals surface area contributed by atoms with Crippen molar-refractivity contribution in [3.63, 3.8) is 0 Å². The van der Waals surface area contributed by atoms with Crippen LogP contribution in [0, 0.1) is 0 Å².